The van der Waals surface area contributed by atoms with Crippen molar-refractivity contribution in [2.75, 3.05) is 6.61 Å². The molecule has 0 amide bonds. The maximum Gasteiger partial charge on any atom is 0.397 e. The SMILES string of the molecule is CCCCCCCCCCCCOc1nc2sc(C(=O)OCc3ccccc3)c(C)c2c(=O)o1. The highest BCUT2D eigenvalue weighted by molar-refractivity contribution is 7.20. The minimum absolute atomic E-state index is 0.0427. The van der Waals surface area contributed by atoms with Gasteiger partial charge in [0, 0.05) is 0 Å². The van der Waals surface area contributed by atoms with Gasteiger partial charge < -0.3 is 13.9 Å². The number of benzene rings is 1. The lowest BCUT2D eigenvalue weighted by Crippen LogP contribution is -2.07. The first-order chi connectivity index (χ1) is 16.6. The second-order valence-corrected chi connectivity index (χ2v) is 9.59. The van der Waals surface area contributed by atoms with E-state index in [4.69, 9.17) is 13.9 Å². The van der Waals surface area contributed by atoms with E-state index in [1.54, 1.807) is 6.92 Å². The molecule has 34 heavy (non-hydrogen) atoms. The molecule has 3 aromatic rings. The van der Waals surface area contributed by atoms with Crippen LogP contribution in [-0.2, 0) is 11.3 Å². The van der Waals surface area contributed by atoms with E-state index in [9.17, 15) is 9.59 Å². The molecule has 0 aliphatic carbocycles. The predicted octanol–water partition coefficient (Wildman–Crippen LogP) is 7.21. The standard InChI is InChI=1S/C27H35NO5S/c1-3-4-5-6-7-8-9-10-11-15-18-31-27-28-24-22(25(29)33-27)20(2)23(34-24)26(30)32-19-21-16-13-12-14-17-21/h12-14,16-17H,3-11,15,18-19H2,1-2H3. The molecule has 1 aromatic carbocycles. The number of carbonyl (C=O) groups is 1. The number of nitrogens with zero attached hydrogens (tertiary/aromatic N) is 1. The lowest BCUT2D eigenvalue weighted by atomic mass is 10.1. The van der Waals surface area contributed by atoms with Gasteiger partial charge in [0.1, 0.15) is 21.7 Å². The Kier molecular flexibility index (Phi) is 10.6. The Morgan fingerprint density at radius 3 is 2.29 bits per heavy atom. The molecule has 7 heteroatoms. The summed E-state index contributed by atoms with van der Waals surface area (Å²) in [7, 11) is 0. The minimum atomic E-state index is -0.543. The number of thiophene rings is 1. The van der Waals surface area contributed by atoms with Gasteiger partial charge in [-0.2, -0.15) is 4.98 Å². The van der Waals surface area contributed by atoms with Crippen molar-refractivity contribution in [3.05, 3.63) is 56.8 Å². The predicted molar refractivity (Wildman–Crippen MR) is 136 cm³/mol. The van der Waals surface area contributed by atoms with Gasteiger partial charge in [-0.3, -0.25) is 0 Å². The van der Waals surface area contributed by atoms with Gasteiger partial charge in [0.2, 0.25) is 0 Å². The molecule has 0 spiro atoms. The summed E-state index contributed by atoms with van der Waals surface area (Å²) in [4.78, 5) is 30.2. The number of ether oxygens (including phenoxy) is 2. The van der Waals surface area contributed by atoms with Gasteiger partial charge in [-0.05, 0) is 24.5 Å². The van der Waals surface area contributed by atoms with Crippen LogP contribution in [0.2, 0.25) is 0 Å². The highest BCUT2D eigenvalue weighted by Crippen LogP contribution is 2.29. The molecule has 0 radical (unpaired) electrons. The molecule has 184 valence electrons. The maximum atomic E-state index is 12.6. The molecule has 0 bridgehead atoms. The summed E-state index contributed by atoms with van der Waals surface area (Å²) in [6.07, 6.45) is 12.3. The summed E-state index contributed by atoms with van der Waals surface area (Å²) in [5.41, 5.74) is 0.884. The molecule has 0 fully saturated rings. The number of rotatable bonds is 15. The van der Waals surface area contributed by atoms with Gasteiger partial charge in [0.25, 0.3) is 0 Å². The molecule has 0 saturated carbocycles. The third-order valence-corrected chi connectivity index (χ3v) is 6.99. The monoisotopic (exact) mass is 485 g/mol. The van der Waals surface area contributed by atoms with Crippen molar-refractivity contribution in [1.82, 2.24) is 4.98 Å². The van der Waals surface area contributed by atoms with E-state index in [2.05, 4.69) is 11.9 Å². The lowest BCUT2D eigenvalue weighted by molar-refractivity contribution is 0.0478. The number of fused-ring (bicyclic) bond motifs is 1. The normalized spacial score (nSPS) is 11.1. The highest BCUT2D eigenvalue weighted by Gasteiger charge is 2.22. The summed E-state index contributed by atoms with van der Waals surface area (Å²) in [5.74, 6) is -0.475. The summed E-state index contributed by atoms with van der Waals surface area (Å²) in [6, 6.07) is 9.46. The van der Waals surface area contributed by atoms with Crippen LogP contribution in [0, 0.1) is 6.92 Å². The summed E-state index contributed by atoms with van der Waals surface area (Å²) in [6.45, 7) is 4.57. The smallest absolute Gasteiger partial charge is 0.397 e. The minimum Gasteiger partial charge on any atom is -0.457 e. The molecule has 3 rings (SSSR count). The van der Waals surface area contributed by atoms with Crippen molar-refractivity contribution in [1.29, 1.82) is 0 Å². The molecule has 6 nitrogen and oxygen atoms in total. The van der Waals surface area contributed by atoms with Crippen molar-refractivity contribution >= 4 is 27.5 Å². The van der Waals surface area contributed by atoms with Crippen LogP contribution in [0.5, 0.6) is 6.08 Å². The number of esters is 1. The van der Waals surface area contributed by atoms with Crippen molar-refractivity contribution in [3.63, 3.8) is 0 Å². The third kappa shape index (κ3) is 7.69. The number of unbranched alkanes of at least 4 members (excludes halogenated alkanes) is 9. The Balaban J connectivity index is 1.46. The highest BCUT2D eigenvalue weighted by atomic mass is 32.1. The van der Waals surface area contributed by atoms with E-state index in [1.165, 1.54) is 51.4 Å². The lowest BCUT2D eigenvalue weighted by Gasteiger charge is -2.04. The van der Waals surface area contributed by atoms with Crippen molar-refractivity contribution in [2.45, 2.75) is 84.7 Å². The van der Waals surface area contributed by atoms with Crippen molar-refractivity contribution in [2.24, 2.45) is 0 Å². The number of hydrogen-bond acceptors (Lipinski definition) is 7. The fraction of sp³-hybridized carbons (Fsp3) is 0.519. The second kappa shape index (κ2) is 13.9. The summed E-state index contributed by atoms with van der Waals surface area (Å²) in [5, 5.41) is 0.308. The van der Waals surface area contributed by atoms with Crippen LogP contribution in [0.3, 0.4) is 0 Å². The summed E-state index contributed by atoms with van der Waals surface area (Å²) < 4.78 is 16.3. The first kappa shape index (κ1) is 25.9. The van der Waals surface area contributed by atoms with Gasteiger partial charge >= 0.3 is 17.7 Å². The fourth-order valence-corrected chi connectivity index (χ4v) is 4.90. The molecule has 0 aliphatic rings. The summed E-state index contributed by atoms with van der Waals surface area (Å²) >= 11 is 1.13. The number of aryl methyl sites for hydroxylation is 1. The van der Waals surface area contributed by atoms with Crippen LogP contribution in [0.4, 0.5) is 0 Å². The van der Waals surface area contributed by atoms with E-state index in [1.807, 2.05) is 30.3 Å². The first-order valence-electron chi connectivity index (χ1n) is 12.4. The van der Waals surface area contributed by atoms with E-state index in [0.29, 0.717) is 27.3 Å². The van der Waals surface area contributed by atoms with Crippen LogP contribution < -0.4 is 10.4 Å². The zero-order valence-corrected chi connectivity index (χ0v) is 21.1. The third-order valence-electron chi connectivity index (χ3n) is 5.83. The Bertz CT molecular complexity index is 1090. The molecule has 0 aliphatic heterocycles. The second-order valence-electron chi connectivity index (χ2n) is 8.60. The van der Waals surface area contributed by atoms with Crippen LogP contribution in [0.25, 0.3) is 10.2 Å². The molecular formula is C27H35NO5S. The van der Waals surface area contributed by atoms with Gasteiger partial charge in [-0.1, -0.05) is 95.0 Å². The molecule has 2 aromatic heterocycles. The largest absolute Gasteiger partial charge is 0.457 e. The molecular weight excluding hydrogens is 450 g/mol. The number of hydrogen-bond donors (Lipinski definition) is 0. The zero-order valence-electron chi connectivity index (χ0n) is 20.3. The Hall–Kier alpha value is -2.67. The van der Waals surface area contributed by atoms with E-state index in [0.717, 1.165) is 29.7 Å². The number of carbonyl (C=O) groups excluding carboxylic acids is 1. The van der Waals surface area contributed by atoms with Gasteiger partial charge in [0.05, 0.1) is 6.61 Å². The molecule has 0 N–H and O–H groups in total. The van der Waals surface area contributed by atoms with Crippen molar-refractivity contribution in [3.8, 4) is 6.08 Å². The zero-order chi connectivity index (χ0) is 24.2. The Morgan fingerprint density at radius 1 is 0.971 bits per heavy atom. The Labute approximate surface area is 205 Å². The van der Waals surface area contributed by atoms with Crippen LogP contribution in [-0.4, -0.2) is 17.6 Å². The average molecular weight is 486 g/mol. The van der Waals surface area contributed by atoms with Gasteiger partial charge in [-0.25, -0.2) is 9.59 Å². The molecule has 0 unspecified atom stereocenters. The van der Waals surface area contributed by atoms with Gasteiger partial charge in [0.15, 0.2) is 0 Å². The molecule has 0 saturated heterocycles. The van der Waals surface area contributed by atoms with Crippen LogP contribution >= 0.6 is 11.3 Å². The quantitative estimate of drug-likeness (QED) is 0.167. The molecule has 0 atom stereocenters. The first-order valence-corrected chi connectivity index (χ1v) is 13.2. The maximum absolute atomic E-state index is 12.6. The number of aromatic nitrogens is 1. The van der Waals surface area contributed by atoms with Crippen LogP contribution in [0.15, 0.2) is 39.5 Å². The van der Waals surface area contributed by atoms with E-state index in [-0.39, 0.29) is 12.7 Å². The van der Waals surface area contributed by atoms with Crippen LogP contribution in [0.1, 0.15) is 91.9 Å². The average Bonchev–Trinajstić information content (AvgIpc) is 3.18. The van der Waals surface area contributed by atoms with Crippen molar-refractivity contribution < 1.29 is 18.7 Å². The topological polar surface area (TPSA) is 78.6 Å². The van der Waals surface area contributed by atoms with E-state index < -0.39 is 11.6 Å². The Morgan fingerprint density at radius 2 is 1.62 bits per heavy atom. The van der Waals surface area contributed by atoms with E-state index >= 15 is 0 Å². The molecule has 2 heterocycles. The fourth-order valence-electron chi connectivity index (χ4n) is 3.85. The van der Waals surface area contributed by atoms with Gasteiger partial charge in [-0.15, -0.1) is 11.3 Å².